The fraction of sp³-hybridized carbons (Fsp3) is 0.333. The van der Waals surface area contributed by atoms with Gasteiger partial charge in [0.05, 0.1) is 5.52 Å². The van der Waals surface area contributed by atoms with Crippen LogP contribution in [0, 0.1) is 0 Å². The maximum absolute atomic E-state index is 4.41. The van der Waals surface area contributed by atoms with Crippen LogP contribution in [0.25, 0.3) is 10.9 Å². The lowest BCUT2D eigenvalue weighted by atomic mass is 9.87. The molecular weight excluding hydrogens is 172 g/mol. The highest BCUT2D eigenvalue weighted by atomic mass is 14.7. The summed E-state index contributed by atoms with van der Waals surface area (Å²) >= 11 is 0. The smallest absolute Gasteiger partial charge is 0.0770 e. The van der Waals surface area contributed by atoms with Crippen molar-refractivity contribution in [3.8, 4) is 0 Å². The summed E-state index contributed by atoms with van der Waals surface area (Å²) in [5.41, 5.74) is 2.37. The van der Waals surface area contributed by atoms with Gasteiger partial charge < -0.3 is 0 Å². The van der Waals surface area contributed by atoms with Crippen molar-refractivity contribution in [2.75, 3.05) is 0 Å². The molecule has 2 heterocycles. The van der Waals surface area contributed by atoms with E-state index in [2.05, 4.69) is 30.7 Å². The molecule has 0 saturated carbocycles. The summed E-state index contributed by atoms with van der Waals surface area (Å²) < 4.78 is 0. The molecule has 2 aromatic heterocycles. The molecule has 2 nitrogen and oxygen atoms in total. The van der Waals surface area contributed by atoms with Crippen LogP contribution in [0.2, 0.25) is 0 Å². The Morgan fingerprint density at radius 1 is 1.14 bits per heavy atom. The number of pyridine rings is 2. The van der Waals surface area contributed by atoms with Gasteiger partial charge in [0.2, 0.25) is 0 Å². The molecule has 0 atom stereocenters. The van der Waals surface area contributed by atoms with E-state index in [-0.39, 0.29) is 5.41 Å². The third-order valence-corrected chi connectivity index (χ3v) is 2.32. The van der Waals surface area contributed by atoms with Crippen molar-refractivity contribution < 1.29 is 0 Å². The van der Waals surface area contributed by atoms with Crippen LogP contribution in [0.5, 0.6) is 0 Å². The molecule has 0 spiro atoms. The molecule has 0 N–H and O–H groups in total. The predicted octanol–water partition coefficient (Wildman–Crippen LogP) is 2.93. The van der Waals surface area contributed by atoms with Gasteiger partial charge in [-0.05, 0) is 17.5 Å². The van der Waals surface area contributed by atoms with Crippen LogP contribution in [0.1, 0.15) is 26.3 Å². The molecule has 0 bridgehead atoms. The second-order valence-electron chi connectivity index (χ2n) is 4.51. The number of fused-ring (bicyclic) bond motifs is 1. The Morgan fingerprint density at radius 2 is 1.93 bits per heavy atom. The molecule has 0 amide bonds. The zero-order chi connectivity index (χ0) is 10.2. The van der Waals surface area contributed by atoms with Crippen LogP contribution < -0.4 is 0 Å². The van der Waals surface area contributed by atoms with Crippen molar-refractivity contribution >= 4 is 10.9 Å². The van der Waals surface area contributed by atoms with Gasteiger partial charge in [-0.25, -0.2) is 0 Å². The molecule has 0 aliphatic rings. The zero-order valence-corrected chi connectivity index (χ0v) is 8.78. The summed E-state index contributed by atoms with van der Waals surface area (Å²) in [6.45, 7) is 6.54. The van der Waals surface area contributed by atoms with Gasteiger partial charge in [0, 0.05) is 29.5 Å². The van der Waals surface area contributed by atoms with E-state index in [1.165, 1.54) is 5.56 Å². The highest BCUT2D eigenvalue weighted by molar-refractivity contribution is 5.81. The number of hydrogen-bond acceptors (Lipinski definition) is 2. The molecule has 0 aromatic carbocycles. The maximum Gasteiger partial charge on any atom is 0.0770 e. The zero-order valence-electron chi connectivity index (χ0n) is 8.78. The first kappa shape index (κ1) is 9.13. The molecule has 14 heavy (non-hydrogen) atoms. The van der Waals surface area contributed by atoms with Crippen LogP contribution >= 0.6 is 0 Å². The minimum Gasteiger partial charge on any atom is -0.264 e. The average Bonchev–Trinajstić information content (AvgIpc) is 2.15. The highest BCUT2D eigenvalue weighted by Crippen LogP contribution is 2.27. The van der Waals surface area contributed by atoms with Gasteiger partial charge in [-0.3, -0.25) is 9.97 Å². The largest absolute Gasteiger partial charge is 0.264 e. The first-order valence-corrected chi connectivity index (χ1v) is 4.78. The lowest BCUT2D eigenvalue weighted by molar-refractivity contribution is 0.592. The standard InChI is InChI=1S/C12H14N2/c1-12(2,3)10-8-13-7-9-5-4-6-14-11(9)10/h4-8H,1-3H3. The molecule has 72 valence electrons. The first-order valence-electron chi connectivity index (χ1n) is 4.78. The van der Waals surface area contributed by atoms with E-state index in [1.54, 1.807) is 0 Å². The number of hydrogen-bond donors (Lipinski definition) is 0. The molecule has 2 aromatic rings. The summed E-state index contributed by atoms with van der Waals surface area (Å²) in [6, 6.07) is 3.99. The Bertz CT molecular complexity index is 450. The second kappa shape index (κ2) is 3.05. The van der Waals surface area contributed by atoms with E-state index in [4.69, 9.17) is 0 Å². The third-order valence-electron chi connectivity index (χ3n) is 2.32. The lowest BCUT2D eigenvalue weighted by Crippen LogP contribution is -2.12. The summed E-state index contributed by atoms with van der Waals surface area (Å²) in [4.78, 5) is 8.65. The number of nitrogens with zero attached hydrogens (tertiary/aromatic N) is 2. The second-order valence-corrected chi connectivity index (χ2v) is 4.51. The van der Waals surface area contributed by atoms with Crippen LogP contribution in [0.3, 0.4) is 0 Å². The van der Waals surface area contributed by atoms with Crippen LogP contribution in [-0.2, 0) is 5.41 Å². The first-order chi connectivity index (χ1) is 6.59. The molecule has 0 unspecified atom stereocenters. The van der Waals surface area contributed by atoms with Gasteiger partial charge in [-0.1, -0.05) is 20.8 Å². The number of aromatic nitrogens is 2. The van der Waals surface area contributed by atoms with Crippen molar-refractivity contribution in [1.82, 2.24) is 9.97 Å². The predicted molar refractivity (Wildman–Crippen MR) is 58.2 cm³/mol. The lowest BCUT2D eigenvalue weighted by Gasteiger charge is -2.19. The normalized spacial score (nSPS) is 11.9. The fourth-order valence-electron chi connectivity index (χ4n) is 1.55. The van der Waals surface area contributed by atoms with Crippen molar-refractivity contribution in [2.24, 2.45) is 0 Å². The van der Waals surface area contributed by atoms with Gasteiger partial charge in [-0.15, -0.1) is 0 Å². The molecular formula is C12H14N2. The Labute approximate surface area is 84.0 Å². The van der Waals surface area contributed by atoms with E-state index in [1.807, 2.05) is 30.7 Å². The molecule has 0 fully saturated rings. The number of rotatable bonds is 0. The van der Waals surface area contributed by atoms with E-state index < -0.39 is 0 Å². The van der Waals surface area contributed by atoms with Gasteiger partial charge in [0.25, 0.3) is 0 Å². The Morgan fingerprint density at radius 3 is 2.64 bits per heavy atom. The summed E-state index contributed by atoms with van der Waals surface area (Å²) in [7, 11) is 0. The Balaban J connectivity index is 2.78. The Kier molecular flexibility index (Phi) is 1.99. The molecule has 0 saturated heterocycles. The van der Waals surface area contributed by atoms with E-state index >= 15 is 0 Å². The topological polar surface area (TPSA) is 25.8 Å². The molecule has 0 aliphatic heterocycles. The molecule has 2 heteroatoms. The van der Waals surface area contributed by atoms with Crippen LogP contribution in [-0.4, -0.2) is 9.97 Å². The molecule has 0 aliphatic carbocycles. The van der Waals surface area contributed by atoms with E-state index in [0.717, 1.165) is 10.9 Å². The van der Waals surface area contributed by atoms with Gasteiger partial charge in [0.15, 0.2) is 0 Å². The minimum atomic E-state index is 0.0981. The average molecular weight is 186 g/mol. The summed E-state index contributed by atoms with van der Waals surface area (Å²) in [5.74, 6) is 0. The van der Waals surface area contributed by atoms with Crippen molar-refractivity contribution in [3.05, 3.63) is 36.3 Å². The van der Waals surface area contributed by atoms with Crippen molar-refractivity contribution in [2.45, 2.75) is 26.2 Å². The van der Waals surface area contributed by atoms with Gasteiger partial charge in [-0.2, -0.15) is 0 Å². The van der Waals surface area contributed by atoms with Crippen molar-refractivity contribution in [1.29, 1.82) is 0 Å². The van der Waals surface area contributed by atoms with Gasteiger partial charge in [0.1, 0.15) is 0 Å². The fourth-order valence-corrected chi connectivity index (χ4v) is 1.55. The van der Waals surface area contributed by atoms with E-state index in [9.17, 15) is 0 Å². The highest BCUT2D eigenvalue weighted by Gasteiger charge is 2.17. The molecule has 0 radical (unpaired) electrons. The summed E-state index contributed by atoms with van der Waals surface area (Å²) in [6.07, 6.45) is 5.60. The molecule has 2 rings (SSSR count). The van der Waals surface area contributed by atoms with Crippen LogP contribution in [0.4, 0.5) is 0 Å². The third kappa shape index (κ3) is 1.48. The summed E-state index contributed by atoms with van der Waals surface area (Å²) in [5, 5.41) is 1.11. The maximum atomic E-state index is 4.41. The van der Waals surface area contributed by atoms with Crippen molar-refractivity contribution in [3.63, 3.8) is 0 Å². The van der Waals surface area contributed by atoms with Gasteiger partial charge >= 0.3 is 0 Å². The van der Waals surface area contributed by atoms with Crippen LogP contribution in [0.15, 0.2) is 30.7 Å². The minimum absolute atomic E-state index is 0.0981. The Hall–Kier alpha value is -1.44. The quantitative estimate of drug-likeness (QED) is 0.632. The SMILES string of the molecule is CC(C)(C)c1cncc2cccnc12. The van der Waals surface area contributed by atoms with E-state index in [0.29, 0.717) is 0 Å². The monoisotopic (exact) mass is 186 g/mol.